The van der Waals surface area contributed by atoms with Crippen molar-refractivity contribution in [2.24, 2.45) is 11.1 Å². The normalized spacial score (nSPS) is 27.8. The number of benzene rings is 1. The van der Waals surface area contributed by atoms with Gasteiger partial charge in [-0.15, -0.1) is 0 Å². The van der Waals surface area contributed by atoms with Gasteiger partial charge in [-0.25, -0.2) is 0 Å². The van der Waals surface area contributed by atoms with Gasteiger partial charge in [-0.2, -0.15) is 0 Å². The Labute approximate surface area is 113 Å². The zero-order valence-electron chi connectivity index (χ0n) is 10.7. The number of halogens is 1. The predicted octanol–water partition coefficient (Wildman–Crippen LogP) is 2.30. The van der Waals surface area contributed by atoms with E-state index in [-0.39, 0.29) is 0 Å². The lowest BCUT2D eigenvalue weighted by Crippen LogP contribution is -2.53. The van der Waals surface area contributed by atoms with E-state index in [0.717, 1.165) is 25.0 Å². The Bertz CT molecular complexity index is 414. The Kier molecular flexibility index (Phi) is 3.97. The Hall–Kier alpha value is -0.610. The Morgan fingerprint density at radius 3 is 2.89 bits per heavy atom. The molecule has 1 aliphatic heterocycles. The number of hydrogen-bond acceptors (Lipinski definition) is 3. The fourth-order valence-electron chi connectivity index (χ4n) is 2.69. The molecule has 0 bridgehead atoms. The van der Waals surface area contributed by atoms with E-state index in [9.17, 15) is 5.11 Å². The maximum atomic E-state index is 11.0. The van der Waals surface area contributed by atoms with E-state index < -0.39 is 11.0 Å². The third kappa shape index (κ3) is 2.28. The van der Waals surface area contributed by atoms with Crippen LogP contribution in [0.5, 0.6) is 0 Å². The molecule has 0 radical (unpaired) electrons. The number of hydrogen-bond donors (Lipinski definition) is 2. The first-order valence-corrected chi connectivity index (χ1v) is 6.66. The molecule has 0 aromatic heterocycles. The molecule has 1 fully saturated rings. The summed E-state index contributed by atoms with van der Waals surface area (Å²) in [5, 5.41) is 11.6. The maximum Gasteiger partial charge on any atom is 0.0959 e. The van der Waals surface area contributed by atoms with Crippen LogP contribution in [-0.4, -0.2) is 24.9 Å². The van der Waals surface area contributed by atoms with Crippen molar-refractivity contribution in [3.63, 3.8) is 0 Å². The Morgan fingerprint density at radius 2 is 2.33 bits per heavy atom. The molecule has 1 aromatic rings. The molecule has 2 atom stereocenters. The summed E-state index contributed by atoms with van der Waals surface area (Å²) >= 11 is 6.00. The van der Waals surface area contributed by atoms with Crippen LogP contribution >= 0.6 is 11.6 Å². The molecule has 0 spiro atoms. The van der Waals surface area contributed by atoms with Gasteiger partial charge in [0.1, 0.15) is 0 Å². The highest BCUT2D eigenvalue weighted by atomic mass is 35.5. The third-order valence-electron chi connectivity index (χ3n) is 4.13. The summed E-state index contributed by atoms with van der Waals surface area (Å²) in [7, 11) is 0. The van der Waals surface area contributed by atoms with Crippen LogP contribution in [0.25, 0.3) is 0 Å². The standard InChI is InChI=1S/C14H20ClNO2/c1-13(17,11-4-2-5-12(15)8-11)14(9-16)6-3-7-18-10-14/h2,4-5,8,17H,3,6-7,9-10,16H2,1H3. The van der Waals surface area contributed by atoms with Crippen molar-refractivity contribution in [2.45, 2.75) is 25.4 Å². The minimum absolute atomic E-state index is 0.395. The van der Waals surface area contributed by atoms with E-state index in [2.05, 4.69) is 0 Å². The molecule has 2 rings (SSSR count). The molecule has 1 saturated heterocycles. The molecular weight excluding hydrogens is 250 g/mol. The minimum atomic E-state index is -1.03. The van der Waals surface area contributed by atoms with Crippen molar-refractivity contribution in [3.05, 3.63) is 34.9 Å². The largest absolute Gasteiger partial charge is 0.385 e. The van der Waals surface area contributed by atoms with Crippen molar-refractivity contribution >= 4 is 11.6 Å². The van der Waals surface area contributed by atoms with Gasteiger partial charge < -0.3 is 15.6 Å². The number of ether oxygens (including phenoxy) is 1. The zero-order chi connectivity index (χ0) is 13.2. The quantitative estimate of drug-likeness (QED) is 0.885. The van der Waals surface area contributed by atoms with E-state index in [0.29, 0.717) is 18.2 Å². The van der Waals surface area contributed by atoms with E-state index in [4.69, 9.17) is 22.1 Å². The summed E-state index contributed by atoms with van der Waals surface area (Å²) in [6.07, 6.45) is 1.79. The molecule has 0 aliphatic carbocycles. The molecule has 1 heterocycles. The first-order chi connectivity index (χ1) is 8.52. The van der Waals surface area contributed by atoms with Gasteiger partial charge in [0, 0.05) is 23.6 Å². The van der Waals surface area contributed by atoms with E-state index in [1.54, 1.807) is 19.1 Å². The minimum Gasteiger partial charge on any atom is -0.385 e. The highest BCUT2D eigenvalue weighted by Gasteiger charge is 2.48. The van der Waals surface area contributed by atoms with Gasteiger partial charge in [0.2, 0.25) is 0 Å². The van der Waals surface area contributed by atoms with Crippen LogP contribution in [0.1, 0.15) is 25.3 Å². The lowest BCUT2D eigenvalue weighted by Gasteiger charge is -2.47. The van der Waals surface area contributed by atoms with Crippen LogP contribution in [-0.2, 0) is 10.3 Å². The molecule has 18 heavy (non-hydrogen) atoms. The van der Waals surface area contributed by atoms with Gasteiger partial charge in [-0.3, -0.25) is 0 Å². The van der Waals surface area contributed by atoms with Crippen molar-refractivity contribution in [3.8, 4) is 0 Å². The van der Waals surface area contributed by atoms with Crippen molar-refractivity contribution in [2.75, 3.05) is 19.8 Å². The first-order valence-electron chi connectivity index (χ1n) is 6.28. The van der Waals surface area contributed by atoms with E-state index in [1.807, 2.05) is 12.1 Å². The highest BCUT2D eigenvalue weighted by molar-refractivity contribution is 6.30. The fraction of sp³-hybridized carbons (Fsp3) is 0.571. The molecule has 0 amide bonds. The topological polar surface area (TPSA) is 55.5 Å². The molecule has 4 heteroatoms. The van der Waals surface area contributed by atoms with E-state index >= 15 is 0 Å². The molecule has 100 valence electrons. The van der Waals surface area contributed by atoms with Gasteiger partial charge in [0.25, 0.3) is 0 Å². The van der Waals surface area contributed by atoms with Gasteiger partial charge in [0.05, 0.1) is 12.2 Å². The monoisotopic (exact) mass is 269 g/mol. The second-order valence-corrected chi connectivity index (χ2v) is 5.66. The number of aliphatic hydroxyl groups is 1. The third-order valence-corrected chi connectivity index (χ3v) is 4.37. The second kappa shape index (κ2) is 5.17. The lowest BCUT2D eigenvalue weighted by atomic mass is 9.66. The number of nitrogens with two attached hydrogens (primary N) is 1. The van der Waals surface area contributed by atoms with Crippen LogP contribution in [0, 0.1) is 5.41 Å². The summed E-state index contributed by atoms with van der Waals surface area (Å²) in [6.45, 7) is 3.43. The summed E-state index contributed by atoms with van der Waals surface area (Å²) in [4.78, 5) is 0. The molecule has 2 unspecified atom stereocenters. The summed E-state index contributed by atoms with van der Waals surface area (Å²) in [5.74, 6) is 0. The van der Waals surface area contributed by atoms with Crippen molar-refractivity contribution in [1.29, 1.82) is 0 Å². The van der Waals surface area contributed by atoms with E-state index in [1.165, 1.54) is 0 Å². The molecule has 1 aliphatic rings. The van der Waals surface area contributed by atoms with Crippen molar-refractivity contribution in [1.82, 2.24) is 0 Å². The Morgan fingerprint density at radius 1 is 1.56 bits per heavy atom. The maximum absolute atomic E-state index is 11.0. The zero-order valence-corrected chi connectivity index (χ0v) is 11.4. The van der Waals surface area contributed by atoms with Crippen LogP contribution in [0.2, 0.25) is 5.02 Å². The average Bonchev–Trinajstić information content (AvgIpc) is 2.39. The molecule has 3 N–H and O–H groups in total. The highest BCUT2D eigenvalue weighted by Crippen LogP contribution is 2.45. The molecular formula is C14H20ClNO2. The van der Waals surface area contributed by atoms with Gasteiger partial charge in [-0.05, 0) is 37.5 Å². The summed E-state index contributed by atoms with van der Waals surface area (Å²) in [5.41, 5.74) is 5.25. The van der Waals surface area contributed by atoms with Crippen LogP contribution in [0.15, 0.2) is 24.3 Å². The van der Waals surface area contributed by atoms with Gasteiger partial charge in [-0.1, -0.05) is 23.7 Å². The molecule has 3 nitrogen and oxygen atoms in total. The number of rotatable bonds is 3. The van der Waals surface area contributed by atoms with Crippen LogP contribution in [0.4, 0.5) is 0 Å². The fourth-order valence-corrected chi connectivity index (χ4v) is 2.88. The average molecular weight is 270 g/mol. The Balaban J connectivity index is 2.38. The van der Waals surface area contributed by atoms with Gasteiger partial charge >= 0.3 is 0 Å². The lowest BCUT2D eigenvalue weighted by molar-refractivity contribution is -0.139. The second-order valence-electron chi connectivity index (χ2n) is 5.22. The van der Waals surface area contributed by atoms with Crippen LogP contribution in [0.3, 0.4) is 0 Å². The van der Waals surface area contributed by atoms with Gasteiger partial charge in [0.15, 0.2) is 0 Å². The van der Waals surface area contributed by atoms with Crippen molar-refractivity contribution < 1.29 is 9.84 Å². The predicted molar refractivity (Wildman–Crippen MR) is 72.6 cm³/mol. The first kappa shape index (κ1) is 13.8. The smallest absolute Gasteiger partial charge is 0.0959 e. The van der Waals surface area contributed by atoms with Crippen LogP contribution < -0.4 is 5.73 Å². The summed E-state index contributed by atoms with van der Waals surface area (Å²) < 4.78 is 5.54. The molecule has 0 saturated carbocycles. The summed E-state index contributed by atoms with van der Waals surface area (Å²) in [6, 6.07) is 7.33. The SMILES string of the molecule is CC(O)(c1cccc(Cl)c1)C1(CN)CCCOC1. The molecule has 1 aromatic carbocycles.